The molecule has 11 heteroatoms. The normalized spacial score (nSPS) is 13.1. The van der Waals surface area contributed by atoms with Gasteiger partial charge < -0.3 is 0 Å². The molecule has 0 aliphatic carbocycles. The number of nitrogens with zero attached hydrogens (tertiary/aromatic N) is 4. The molecule has 0 unspecified atom stereocenters. The highest BCUT2D eigenvalue weighted by Crippen LogP contribution is 2.31. The van der Waals surface area contributed by atoms with E-state index in [0.29, 0.717) is 28.8 Å². The predicted octanol–water partition coefficient (Wildman–Crippen LogP) is 0.139. The molecule has 0 amide bonds. The summed E-state index contributed by atoms with van der Waals surface area (Å²) in [6.07, 6.45) is 3.13. The summed E-state index contributed by atoms with van der Waals surface area (Å²) in [5.74, 6) is -0.550. The van der Waals surface area contributed by atoms with Gasteiger partial charge in [0.15, 0.2) is 5.78 Å². The smallest absolute Gasteiger partial charge is 0.292 e. The zero-order valence-corrected chi connectivity index (χ0v) is 18.5. The molecule has 2 aromatic rings. The first kappa shape index (κ1) is 23.2. The molecule has 0 N–H and O–H groups in total. The lowest BCUT2D eigenvalue weighted by molar-refractivity contribution is 0.0966. The van der Waals surface area contributed by atoms with Gasteiger partial charge in [-0.25, -0.2) is 36.5 Å². The molecule has 170 valence electrons. The average Bonchev–Trinajstić information content (AvgIpc) is 3.21. The predicted molar refractivity (Wildman–Crippen MR) is 121 cm³/mol. The van der Waals surface area contributed by atoms with Gasteiger partial charge in [-0.15, -0.1) is 13.2 Å². The third-order valence-corrected chi connectivity index (χ3v) is 7.05. The summed E-state index contributed by atoms with van der Waals surface area (Å²) in [6.45, 7) is 8.06. The molecular weight excluding hydrogens is 436 g/mol. The Morgan fingerprint density at radius 2 is 1.56 bits per heavy atom. The van der Waals surface area contributed by atoms with Crippen molar-refractivity contribution in [3.8, 4) is 0 Å². The van der Waals surface area contributed by atoms with Gasteiger partial charge in [0.1, 0.15) is 0 Å². The van der Waals surface area contributed by atoms with E-state index < -0.39 is 39.4 Å². The number of fused-ring (bicyclic) bond motifs is 1. The van der Waals surface area contributed by atoms with E-state index in [2.05, 4.69) is 13.2 Å². The van der Waals surface area contributed by atoms with Crippen molar-refractivity contribution in [2.75, 3.05) is 16.6 Å². The Kier molecular flexibility index (Phi) is 6.49. The van der Waals surface area contributed by atoms with Crippen molar-refractivity contribution < 1.29 is 13.2 Å². The maximum absolute atomic E-state index is 12.9. The Bertz CT molecular complexity index is 1330. The van der Waals surface area contributed by atoms with Gasteiger partial charge in [0.2, 0.25) is 10.0 Å². The minimum atomic E-state index is -3.42. The van der Waals surface area contributed by atoms with Crippen LogP contribution in [0.25, 0.3) is 0 Å². The number of sulfonamides is 1. The van der Waals surface area contributed by atoms with Crippen molar-refractivity contribution in [1.82, 2.24) is 13.7 Å². The third-order valence-electron chi connectivity index (χ3n) is 5.27. The van der Waals surface area contributed by atoms with Crippen LogP contribution in [0, 0.1) is 0 Å². The Morgan fingerprint density at radius 3 is 2.09 bits per heavy atom. The Balaban J connectivity index is 2.01. The SMILES string of the molecule is C=CCn1c(=O)n(CC=C)c(=O)n(CC(=O)c2ccc3c(c2)CCN3S(=O)(=O)CC)c1=O. The van der Waals surface area contributed by atoms with Crippen LogP contribution in [0.1, 0.15) is 22.8 Å². The minimum Gasteiger partial charge on any atom is -0.292 e. The molecule has 0 bridgehead atoms. The maximum Gasteiger partial charge on any atom is 0.337 e. The van der Waals surface area contributed by atoms with Crippen molar-refractivity contribution in [2.45, 2.75) is 33.0 Å². The molecule has 1 aromatic carbocycles. The van der Waals surface area contributed by atoms with Gasteiger partial charge in [-0.1, -0.05) is 12.2 Å². The van der Waals surface area contributed by atoms with Gasteiger partial charge in [0.05, 0.1) is 31.1 Å². The number of hydrogen-bond acceptors (Lipinski definition) is 6. The summed E-state index contributed by atoms with van der Waals surface area (Å²) in [5.41, 5.74) is -1.17. The number of carbonyl (C=O) groups excluding carboxylic acids is 1. The first-order valence-corrected chi connectivity index (χ1v) is 11.6. The largest absolute Gasteiger partial charge is 0.337 e. The number of rotatable bonds is 9. The van der Waals surface area contributed by atoms with E-state index in [1.54, 1.807) is 19.1 Å². The summed E-state index contributed by atoms with van der Waals surface area (Å²) < 4.78 is 28.1. The van der Waals surface area contributed by atoms with Gasteiger partial charge in [-0.05, 0) is 37.1 Å². The van der Waals surface area contributed by atoms with Crippen LogP contribution >= 0.6 is 0 Å². The second-order valence-electron chi connectivity index (χ2n) is 7.22. The molecule has 3 rings (SSSR count). The fourth-order valence-electron chi connectivity index (χ4n) is 3.61. The second kappa shape index (κ2) is 8.95. The number of hydrogen-bond donors (Lipinski definition) is 0. The molecule has 2 heterocycles. The lowest BCUT2D eigenvalue weighted by atomic mass is 10.1. The highest BCUT2D eigenvalue weighted by atomic mass is 32.2. The highest BCUT2D eigenvalue weighted by molar-refractivity contribution is 7.92. The highest BCUT2D eigenvalue weighted by Gasteiger charge is 2.28. The van der Waals surface area contributed by atoms with Crippen LogP contribution < -0.4 is 21.4 Å². The van der Waals surface area contributed by atoms with Crippen LogP contribution in [0.4, 0.5) is 5.69 Å². The van der Waals surface area contributed by atoms with Gasteiger partial charge in [0.25, 0.3) is 0 Å². The van der Waals surface area contributed by atoms with Crippen LogP contribution in [0.15, 0.2) is 57.9 Å². The van der Waals surface area contributed by atoms with E-state index in [1.165, 1.54) is 22.5 Å². The van der Waals surface area contributed by atoms with E-state index in [0.717, 1.165) is 9.13 Å². The van der Waals surface area contributed by atoms with Crippen LogP contribution in [-0.2, 0) is 36.1 Å². The van der Waals surface area contributed by atoms with E-state index in [-0.39, 0.29) is 24.4 Å². The fraction of sp³-hybridized carbons (Fsp3) is 0.333. The summed E-state index contributed by atoms with van der Waals surface area (Å²) in [7, 11) is -3.42. The van der Waals surface area contributed by atoms with Crippen molar-refractivity contribution >= 4 is 21.5 Å². The van der Waals surface area contributed by atoms with Crippen molar-refractivity contribution in [3.63, 3.8) is 0 Å². The number of benzene rings is 1. The Hall–Kier alpha value is -3.47. The third kappa shape index (κ3) is 4.03. The quantitative estimate of drug-likeness (QED) is 0.388. The molecule has 0 saturated heterocycles. The monoisotopic (exact) mass is 460 g/mol. The minimum absolute atomic E-state index is 0.0343. The molecule has 0 saturated carbocycles. The van der Waals surface area contributed by atoms with E-state index in [9.17, 15) is 27.6 Å². The number of allylic oxidation sites excluding steroid dienone is 2. The number of Topliss-reactive ketones (excluding diaryl/α,β-unsaturated/α-hetero) is 1. The van der Waals surface area contributed by atoms with Crippen LogP contribution in [-0.4, -0.2) is 40.2 Å². The summed E-state index contributed by atoms with van der Waals surface area (Å²) >= 11 is 0. The lowest BCUT2D eigenvalue weighted by Crippen LogP contribution is -2.55. The van der Waals surface area contributed by atoms with Crippen molar-refractivity contribution in [1.29, 1.82) is 0 Å². The average molecular weight is 461 g/mol. The van der Waals surface area contributed by atoms with Gasteiger partial charge in [0, 0.05) is 12.1 Å². The topological polar surface area (TPSA) is 120 Å². The van der Waals surface area contributed by atoms with Crippen LogP contribution in [0.2, 0.25) is 0 Å². The standard InChI is InChI=1S/C21H24N4O6S/c1-4-10-22-19(27)23(11-5-2)21(29)24(20(22)28)14-18(26)16-7-8-17-15(13-16)9-12-25(17)32(30,31)6-3/h4-5,7-8,13H,1-2,6,9-12,14H2,3H3. The lowest BCUT2D eigenvalue weighted by Gasteiger charge is -2.18. The van der Waals surface area contributed by atoms with Crippen LogP contribution in [0.3, 0.4) is 0 Å². The van der Waals surface area contributed by atoms with Gasteiger partial charge in [-0.3, -0.25) is 9.10 Å². The zero-order chi connectivity index (χ0) is 23.6. The second-order valence-corrected chi connectivity index (χ2v) is 9.40. The molecule has 1 aliphatic rings. The maximum atomic E-state index is 12.9. The van der Waals surface area contributed by atoms with Gasteiger partial charge in [-0.2, -0.15) is 0 Å². The Labute approximate surface area is 184 Å². The number of anilines is 1. The Morgan fingerprint density at radius 1 is 1.00 bits per heavy atom. The molecule has 1 aromatic heterocycles. The molecule has 1 aliphatic heterocycles. The van der Waals surface area contributed by atoms with Crippen molar-refractivity contribution in [2.24, 2.45) is 0 Å². The van der Waals surface area contributed by atoms with E-state index in [4.69, 9.17) is 0 Å². The fourth-order valence-corrected chi connectivity index (χ4v) is 4.77. The van der Waals surface area contributed by atoms with Crippen molar-refractivity contribution in [3.05, 3.63) is 86.1 Å². The number of ketones is 1. The number of aromatic nitrogens is 3. The summed E-state index contributed by atoms with van der Waals surface area (Å²) in [5, 5.41) is 0. The summed E-state index contributed by atoms with van der Waals surface area (Å²) in [6, 6.07) is 4.60. The van der Waals surface area contributed by atoms with E-state index in [1.807, 2.05) is 0 Å². The number of carbonyl (C=O) groups is 1. The summed E-state index contributed by atoms with van der Waals surface area (Å²) in [4.78, 5) is 50.8. The molecule has 0 fully saturated rings. The molecule has 0 atom stereocenters. The van der Waals surface area contributed by atoms with E-state index >= 15 is 0 Å². The molecule has 0 spiro atoms. The van der Waals surface area contributed by atoms with Gasteiger partial charge >= 0.3 is 17.1 Å². The zero-order valence-electron chi connectivity index (χ0n) is 17.7. The first-order valence-electron chi connectivity index (χ1n) is 9.99. The molecule has 10 nitrogen and oxygen atoms in total. The molecule has 0 radical (unpaired) electrons. The molecule has 32 heavy (non-hydrogen) atoms. The molecular formula is C21H24N4O6S. The first-order chi connectivity index (χ1) is 15.2. The van der Waals surface area contributed by atoms with Crippen LogP contribution in [0.5, 0.6) is 0 Å².